The number of cyclic esters (lactones) is 2. The van der Waals surface area contributed by atoms with Gasteiger partial charge in [-0.05, 0) is 235 Å². The molecule has 8 aliphatic rings. The summed E-state index contributed by atoms with van der Waals surface area (Å²) >= 11 is 0. The van der Waals surface area contributed by atoms with Gasteiger partial charge in [0.25, 0.3) is 23.4 Å². The van der Waals surface area contributed by atoms with Crippen molar-refractivity contribution in [1.29, 1.82) is 0 Å². The first kappa shape index (κ1) is 113. The number of ketones is 6. The molecule has 34 nitrogen and oxygen atoms in total. The predicted octanol–water partition coefficient (Wildman–Crippen LogP) is 12.1. The number of amides is 2. The smallest absolute Gasteiger partial charge is 0.329 e. The number of fused-ring (bicyclic) bond motifs is 6. The molecule has 6 fully saturated rings. The molecule has 10 rings (SSSR count). The maximum absolute atomic E-state index is 14.5. The molecule has 0 radical (unpaired) electrons. The van der Waals surface area contributed by atoms with Crippen molar-refractivity contribution >= 4 is 58.5 Å². The van der Waals surface area contributed by atoms with Gasteiger partial charge >= 0.3 is 11.9 Å². The number of Topliss-reactive ketones (excluding diaryl/α,β-unsaturated/α-hetero) is 6. The lowest BCUT2D eigenvalue weighted by Gasteiger charge is -2.42. The van der Waals surface area contributed by atoms with Crippen LogP contribution < -0.4 is 0 Å². The lowest BCUT2D eigenvalue weighted by atomic mass is 9.77. The third-order valence-corrected chi connectivity index (χ3v) is 30.4. The number of rotatable bonds is 14. The summed E-state index contributed by atoms with van der Waals surface area (Å²) in [5.74, 6) is -15.8. The normalized spacial score (nSPS) is 38.8. The molecule has 0 spiro atoms. The van der Waals surface area contributed by atoms with E-state index in [4.69, 9.17) is 47.4 Å². The van der Waals surface area contributed by atoms with Crippen molar-refractivity contribution in [2.24, 2.45) is 71.0 Å². The van der Waals surface area contributed by atoms with Crippen LogP contribution in [0.3, 0.4) is 0 Å². The zero-order valence-electron chi connectivity index (χ0n) is 85.1. The van der Waals surface area contributed by atoms with Crippen LogP contribution in [-0.2, 0) is 95.3 Å². The van der Waals surface area contributed by atoms with Gasteiger partial charge in [-0.1, -0.05) is 142 Å². The molecule has 768 valence electrons. The topological polar surface area (TPSA) is 438 Å². The fourth-order valence-corrected chi connectivity index (χ4v) is 21.5. The second kappa shape index (κ2) is 53.5. The van der Waals surface area contributed by atoms with E-state index >= 15 is 0 Å². The summed E-state index contributed by atoms with van der Waals surface area (Å²) in [6.45, 7) is 25.6. The monoisotopic (exact) mass is 1930 g/mol. The third kappa shape index (κ3) is 29.8. The number of ether oxygens (including phenoxy) is 10. The number of nitrogens with zero attached hydrogens (tertiary/aromatic N) is 10. The first-order chi connectivity index (χ1) is 65.6. The van der Waals surface area contributed by atoms with E-state index in [9.17, 15) is 68.4 Å². The van der Waals surface area contributed by atoms with Crippen molar-refractivity contribution in [3.05, 3.63) is 108 Å². The van der Waals surface area contributed by atoms with Crippen LogP contribution in [-0.4, -0.2) is 282 Å². The molecule has 6 aliphatic heterocycles. The average Bonchev–Trinajstić information content (AvgIpc) is 0.849. The zero-order chi connectivity index (χ0) is 101. The molecule has 2 saturated carbocycles. The highest BCUT2D eigenvalue weighted by molar-refractivity contribution is 6.39. The van der Waals surface area contributed by atoms with Gasteiger partial charge in [0.05, 0.1) is 48.7 Å². The summed E-state index contributed by atoms with van der Waals surface area (Å²) in [7, 11) is 9.24. The maximum atomic E-state index is 14.5. The molecule has 2 amide bonds. The summed E-state index contributed by atoms with van der Waals surface area (Å²) in [6, 6.07) is -2.39. The summed E-state index contributed by atoms with van der Waals surface area (Å²) in [5, 5.41) is 70.4. The van der Waals surface area contributed by atoms with Gasteiger partial charge in [0, 0.05) is 117 Å². The number of allylic oxidation sites excluding steroid dienone is 12. The molecular weight excluding hydrogens is 1770 g/mol. The Balaban J connectivity index is 0.000000309. The minimum Gasteiger partial charge on any atom is -0.460 e. The molecule has 2 aromatic heterocycles. The van der Waals surface area contributed by atoms with Crippen molar-refractivity contribution in [1.82, 2.24) is 50.2 Å². The Hall–Kier alpha value is -8.52. The highest BCUT2D eigenvalue weighted by Gasteiger charge is 2.56. The molecule has 4 N–H and O–H groups in total. The number of aromatic nitrogens is 8. The second-order valence-corrected chi connectivity index (χ2v) is 40.8. The zero-order valence-corrected chi connectivity index (χ0v) is 85.1. The van der Waals surface area contributed by atoms with Crippen LogP contribution in [0.5, 0.6) is 0 Å². The first-order valence-corrected chi connectivity index (χ1v) is 50.1. The van der Waals surface area contributed by atoms with Gasteiger partial charge in [-0.2, -0.15) is 0 Å². The number of aliphatic hydroxyl groups is 4. The van der Waals surface area contributed by atoms with Crippen LogP contribution in [0.15, 0.2) is 108 Å². The summed E-state index contributed by atoms with van der Waals surface area (Å²) in [5.41, 5.74) is 2.54. The molecule has 3 unspecified atom stereocenters. The minimum atomic E-state index is -2.43. The number of piperidine rings is 2. The lowest BCUT2D eigenvalue weighted by molar-refractivity contribution is -0.265. The lowest BCUT2D eigenvalue weighted by Crippen LogP contribution is -2.61. The number of hydrogen-bond acceptors (Lipinski definition) is 30. The Morgan fingerprint density at radius 1 is 0.442 bits per heavy atom. The number of esters is 2. The van der Waals surface area contributed by atoms with Gasteiger partial charge in [-0.15, -0.1) is 10.2 Å². The molecule has 30 atom stereocenters. The van der Waals surface area contributed by atoms with E-state index in [1.165, 1.54) is 24.0 Å². The van der Waals surface area contributed by atoms with Crippen molar-refractivity contribution in [2.75, 3.05) is 55.7 Å². The van der Waals surface area contributed by atoms with Crippen molar-refractivity contribution in [3.8, 4) is 0 Å². The molecule has 4 bridgehead atoms. The van der Waals surface area contributed by atoms with E-state index in [-0.39, 0.29) is 122 Å². The molecule has 4 saturated heterocycles. The number of tetrazole rings is 2. The summed E-state index contributed by atoms with van der Waals surface area (Å²) in [6.07, 6.45) is 27.9. The van der Waals surface area contributed by atoms with Crippen molar-refractivity contribution in [3.63, 3.8) is 0 Å². The van der Waals surface area contributed by atoms with Gasteiger partial charge in [-0.25, -0.2) is 19.0 Å². The largest absolute Gasteiger partial charge is 0.460 e. The Morgan fingerprint density at radius 2 is 0.819 bits per heavy atom. The second-order valence-electron chi connectivity index (χ2n) is 40.8. The molecule has 34 heteroatoms. The summed E-state index contributed by atoms with van der Waals surface area (Å²) < 4.78 is 63.2. The van der Waals surface area contributed by atoms with E-state index in [0.29, 0.717) is 114 Å². The van der Waals surface area contributed by atoms with E-state index < -0.39 is 156 Å². The number of carbonyl (C=O) groups excluding carboxylic acids is 10. The molecule has 0 aromatic carbocycles. The van der Waals surface area contributed by atoms with Crippen LogP contribution in [0.1, 0.15) is 263 Å². The Bertz CT molecular complexity index is 4320. The van der Waals surface area contributed by atoms with E-state index in [1.807, 2.05) is 116 Å². The molecule has 2 aliphatic carbocycles. The summed E-state index contributed by atoms with van der Waals surface area (Å²) in [4.78, 5) is 145. The van der Waals surface area contributed by atoms with Crippen LogP contribution in [0.25, 0.3) is 0 Å². The van der Waals surface area contributed by atoms with Crippen molar-refractivity contribution in [2.45, 2.75) is 360 Å². The standard InChI is InChI=1S/2C52H79N5O12/c2*1-31-16-12-11-13-17-32(2)43(65-8)28-39-21-19-37(7)52(64,69-39)49(61)50(62)56-23-15-14-18-41(56)51(63)68-44(34(4)26-38-20-22-40(45(27-38)66-9)57-30-53-54-55-57)29-42(58)33(3)25-36(6)47(60)48(67-10)46(59)35(5)24-31/h2*11-13,16-17,25,30-31,33-35,37-41,43-45,47-48,60,64H,14-15,18-24,26-29H2,1-10H3/b2*13-11+,16-12+,32-17+,36-25+/t31-,33-,34-,35?,37-,38+,39+,40+,41+,43+,44+,45-,47-,48?,52-;31-,33-,34-,35-,37-,38+,39+,40+,41+,43+,44+,45-,47-,48?,52-/m11/s1. The van der Waals surface area contributed by atoms with Crippen LogP contribution >= 0.6 is 0 Å². The van der Waals surface area contributed by atoms with Gasteiger partial charge in [0.1, 0.15) is 72.9 Å². The molecule has 2 aromatic rings. The first-order valence-electron chi connectivity index (χ1n) is 50.1. The van der Waals surface area contributed by atoms with Gasteiger partial charge in [0.2, 0.25) is 11.6 Å². The Kier molecular flexibility index (Phi) is 43.9. The SMILES string of the molecule is COC1C(=O)C(C)C[C@H](C)/C=C/C=C/C=C(\C)[C@@H](OC)C[C@@H]2CC[C@@H](C)[C@@](O)(O2)C(=O)C(=O)N2CCCC[C@H]2C(=O)O[C@H]([C@H](C)C[C@@H]2CC[C@H](n3cnnn3)[C@H](OC)C2)CC(=O)[C@H](C)/C=C(\C)[C@H]1O.COC1C(=O)[C@H](C)C[C@H](C)/C=C/C=C/C=C(\C)[C@@H](OC)C[C@@H]2CC[C@@H](C)[C@@](O)(O2)C(=O)C(=O)N2CCCC[C@H]2C(=O)O[C@H]([C@H](C)C[C@@H]2CC[C@H](n3cnnn3)[C@H](OC)C2)CC(=O)[C@H](C)/C=C(\C)[C@H]1O. The molecule has 8 heterocycles. The Labute approximate surface area is 815 Å². The Morgan fingerprint density at radius 3 is 1.16 bits per heavy atom. The van der Waals surface area contributed by atoms with Gasteiger partial charge in [0.15, 0.2) is 11.6 Å². The fourth-order valence-electron chi connectivity index (χ4n) is 21.5. The number of hydrogen-bond donors (Lipinski definition) is 4. The predicted molar refractivity (Wildman–Crippen MR) is 512 cm³/mol. The number of aliphatic hydroxyl groups excluding tert-OH is 2. The van der Waals surface area contributed by atoms with E-state index in [0.717, 1.165) is 36.8 Å². The van der Waals surface area contributed by atoms with Crippen LogP contribution in [0.2, 0.25) is 0 Å². The maximum Gasteiger partial charge on any atom is 0.329 e. The third-order valence-electron chi connectivity index (χ3n) is 30.4. The van der Waals surface area contributed by atoms with Crippen LogP contribution in [0, 0.1) is 71.0 Å². The van der Waals surface area contributed by atoms with Crippen LogP contribution in [0.4, 0.5) is 0 Å². The number of carbonyl (C=O) groups is 10. The highest BCUT2D eigenvalue weighted by atomic mass is 16.6. The molecule has 138 heavy (non-hydrogen) atoms. The van der Waals surface area contributed by atoms with Gasteiger partial charge in [-0.3, -0.25) is 38.4 Å². The quantitative estimate of drug-likeness (QED) is 0.0775. The minimum absolute atomic E-state index is 0.0170. The van der Waals surface area contributed by atoms with E-state index in [1.54, 1.807) is 104 Å². The fraction of sp³-hybridized carbons (Fsp3) is 0.731. The molecular formula is C104H158N10O24. The van der Waals surface area contributed by atoms with Gasteiger partial charge < -0.3 is 77.6 Å². The number of methoxy groups -OCH3 is 6. The van der Waals surface area contributed by atoms with Crippen molar-refractivity contribution < 1.29 is 116 Å². The average molecular weight is 1930 g/mol. The van der Waals surface area contributed by atoms with E-state index in [2.05, 4.69) is 31.1 Å². The highest BCUT2D eigenvalue weighted by Crippen LogP contribution is 2.44.